The SMILES string of the molecule is CNC(Cc1cc(F)ccc1Cl)c1cccc(F)c1. The van der Waals surface area contributed by atoms with Gasteiger partial charge in [0, 0.05) is 11.1 Å². The Bertz CT molecular complexity index is 572. The third-order valence-electron chi connectivity index (χ3n) is 3.03. The van der Waals surface area contributed by atoms with Crippen LogP contribution in [0, 0.1) is 11.6 Å². The van der Waals surface area contributed by atoms with Crippen LogP contribution in [0.2, 0.25) is 5.02 Å². The molecule has 2 aromatic rings. The first-order valence-electron chi connectivity index (χ1n) is 5.97. The van der Waals surface area contributed by atoms with Crippen molar-refractivity contribution in [2.24, 2.45) is 0 Å². The smallest absolute Gasteiger partial charge is 0.123 e. The molecule has 1 N–H and O–H groups in total. The Morgan fingerprint density at radius 1 is 1.11 bits per heavy atom. The summed E-state index contributed by atoms with van der Waals surface area (Å²) in [5.41, 5.74) is 1.51. The highest BCUT2D eigenvalue weighted by molar-refractivity contribution is 6.31. The van der Waals surface area contributed by atoms with Crippen molar-refractivity contribution in [2.75, 3.05) is 7.05 Å². The molecule has 1 unspecified atom stereocenters. The van der Waals surface area contributed by atoms with Crippen molar-refractivity contribution in [1.82, 2.24) is 5.32 Å². The van der Waals surface area contributed by atoms with Crippen LogP contribution in [-0.2, 0) is 6.42 Å². The fourth-order valence-corrected chi connectivity index (χ4v) is 2.22. The monoisotopic (exact) mass is 281 g/mol. The normalized spacial score (nSPS) is 12.4. The molecule has 0 fully saturated rings. The van der Waals surface area contributed by atoms with Gasteiger partial charge in [0.15, 0.2) is 0 Å². The van der Waals surface area contributed by atoms with Crippen LogP contribution < -0.4 is 5.32 Å². The maximum Gasteiger partial charge on any atom is 0.123 e. The molecule has 0 spiro atoms. The molecule has 0 aliphatic carbocycles. The van der Waals surface area contributed by atoms with Gasteiger partial charge in [0.25, 0.3) is 0 Å². The van der Waals surface area contributed by atoms with Gasteiger partial charge in [0.1, 0.15) is 11.6 Å². The molecule has 0 heterocycles. The lowest BCUT2D eigenvalue weighted by molar-refractivity contribution is 0.573. The Morgan fingerprint density at radius 2 is 1.84 bits per heavy atom. The third kappa shape index (κ3) is 3.52. The Hall–Kier alpha value is -1.45. The molecule has 0 saturated heterocycles. The quantitative estimate of drug-likeness (QED) is 0.889. The minimum absolute atomic E-state index is 0.116. The molecule has 2 rings (SSSR count). The van der Waals surface area contributed by atoms with Gasteiger partial charge < -0.3 is 5.32 Å². The number of hydrogen-bond donors (Lipinski definition) is 1. The van der Waals surface area contributed by atoms with Gasteiger partial charge in [-0.3, -0.25) is 0 Å². The third-order valence-corrected chi connectivity index (χ3v) is 3.40. The lowest BCUT2D eigenvalue weighted by atomic mass is 9.99. The summed E-state index contributed by atoms with van der Waals surface area (Å²) in [6.45, 7) is 0. The van der Waals surface area contributed by atoms with E-state index in [9.17, 15) is 8.78 Å². The van der Waals surface area contributed by atoms with Gasteiger partial charge in [-0.05, 0) is 54.9 Å². The summed E-state index contributed by atoms with van der Waals surface area (Å²) in [4.78, 5) is 0. The van der Waals surface area contributed by atoms with E-state index in [-0.39, 0.29) is 17.7 Å². The van der Waals surface area contributed by atoms with E-state index in [2.05, 4.69) is 5.32 Å². The standard InChI is InChI=1S/C15H14ClF2N/c1-19-15(10-3-2-4-12(17)7-10)9-11-8-13(18)5-6-14(11)16/h2-8,15,19H,9H2,1H3. The van der Waals surface area contributed by atoms with Gasteiger partial charge in [0.05, 0.1) is 0 Å². The molecular weight excluding hydrogens is 268 g/mol. The minimum Gasteiger partial charge on any atom is -0.313 e. The Balaban J connectivity index is 2.26. The maximum atomic E-state index is 13.2. The number of hydrogen-bond acceptors (Lipinski definition) is 1. The van der Waals surface area contributed by atoms with E-state index < -0.39 is 0 Å². The molecule has 0 bridgehead atoms. The average Bonchev–Trinajstić information content (AvgIpc) is 2.39. The molecule has 2 aromatic carbocycles. The number of halogens is 3. The lowest BCUT2D eigenvalue weighted by Crippen LogP contribution is -2.19. The van der Waals surface area contributed by atoms with Crippen LogP contribution >= 0.6 is 11.6 Å². The fraction of sp³-hybridized carbons (Fsp3) is 0.200. The second-order valence-electron chi connectivity index (χ2n) is 4.34. The van der Waals surface area contributed by atoms with Crippen LogP contribution in [0.4, 0.5) is 8.78 Å². The largest absolute Gasteiger partial charge is 0.313 e. The van der Waals surface area contributed by atoms with Crippen LogP contribution in [0.5, 0.6) is 0 Å². The van der Waals surface area contributed by atoms with E-state index in [1.54, 1.807) is 13.1 Å². The Morgan fingerprint density at radius 3 is 2.53 bits per heavy atom. The predicted octanol–water partition coefficient (Wildman–Crippen LogP) is 4.12. The summed E-state index contributed by atoms with van der Waals surface area (Å²) < 4.78 is 26.5. The summed E-state index contributed by atoms with van der Waals surface area (Å²) >= 11 is 6.05. The van der Waals surface area contributed by atoms with Gasteiger partial charge in [-0.15, -0.1) is 0 Å². The van der Waals surface area contributed by atoms with E-state index in [4.69, 9.17) is 11.6 Å². The van der Waals surface area contributed by atoms with E-state index in [1.165, 1.54) is 30.3 Å². The predicted molar refractivity (Wildman–Crippen MR) is 73.3 cm³/mol. The zero-order valence-electron chi connectivity index (χ0n) is 10.5. The molecule has 19 heavy (non-hydrogen) atoms. The summed E-state index contributed by atoms with van der Waals surface area (Å²) in [5, 5.41) is 3.61. The van der Waals surface area contributed by atoms with E-state index in [0.717, 1.165) is 5.56 Å². The first kappa shape index (κ1) is 14.0. The van der Waals surface area contributed by atoms with Crippen molar-refractivity contribution in [3.63, 3.8) is 0 Å². The van der Waals surface area contributed by atoms with Crippen LogP contribution in [0.25, 0.3) is 0 Å². The van der Waals surface area contributed by atoms with Crippen molar-refractivity contribution < 1.29 is 8.78 Å². The summed E-state index contributed by atoms with van der Waals surface area (Å²) in [6, 6.07) is 10.5. The second-order valence-corrected chi connectivity index (χ2v) is 4.74. The first-order chi connectivity index (χ1) is 9.10. The molecule has 100 valence electrons. The van der Waals surface area contributed by atoms with Gasteiger partial charge >= 0.3 is 0 Å². The van der Waals surface area contributed by atoms with Crippen LogP contribution in [0.3, 0.4) is 0 Å². The van der Waals surface area contributed by atoms with Crippen molar-refractivity contribution in [1.29, 1.82) is 0 Å². The maximum absolute atomic E-state index is 13.2. The van der Waals surface area contributed by atoms with Crippen LogP contribution in [-0.4, -0.2) is 7.05 Å². The average molecular weight is 282 g/mol. The van der Waals surface area contributed by atoms with E-state index in [1.807, 2.05) is 6.07 Å². The zero-order chi connectivity index (χ0) is 13.8. The highest BCUT2D eigenvalue weighted by Gasteiger charge is 2.13. The second kappa shape index (κ2) is 6.13. The highest BCUT2D eigenvalue weighted by Crippen LogP contribution is 2.24. The van der Waals surface area contributed by atoms with E-state index in [0.29, 0.717) is 17.0 Å². The number of nitrogens with one attached hydrogen (secondary N) is 1. The minimum atomic E-state index is -0.325. The number of rotatable bonds is 4. The molecule has 0 radical (unpaired) electrons. The molecular formula is C15H14ClF2N. The molecule has 0 aromatic heterocycles. The molecule has 0 amide bonds. The van der Waals surface area contributed by atoms with Crippen molar-refractivity contribution in [3.8, 4) is 0 Å². The van der Waals surface area contributed by atoms with Crippen molar-refractivity contribution in [3.05, 3.63) is 70.2 Å². The van der Waals surface area contributed by atoms with Crippen LogP contribution in [0.15, 0.2) is 42.5 Å². The van der Waals surface area contributed by atoms with Gasteiger partial charge in [0.2, 0.25) is 0 Å². The molecule has 4 heteroatoms. The number of benzene rings is 2. The summed E-state index contributed by atoms with van der Waals surface area (Å²) in [5.74, 6) is -0.614. The van der Waals surface area contributed by atoms with Gasteiger partial charge in [-0.1, -0.05) is 23.7 Å². The van der Waals surface area contributed by atoms with Crippen LogP contribution in [0.1, 0.15) is 17.2 Å². The topological polar surface area (TPSA) is 12.0 Å². The summed E-state index contributed by atoms with van der Waals surface area (Å²) in [6.07, 6.45) is 0.497. The molecule has 0 aliphatic heterocycles. The summed E-state index contributed by atoms with van der Waals surface area (Å²) in [7, 11) is 1.78. The zero-order valence-corrected chi connectivity index (χ0v) is 11.2. The Labute approximate surface area is 116 Å². The molecule has 1 atom stereocenters. The van der Waals surface area contributed by atoms with Crippen molar-refractivity contribution in [2.45, 2.75) is 12.5 Å². The highest BCUT2D eigenvalue weighted by atomic mass is 35.5. The fourth-order valence-electron chi connectivity index (χ4n) is 2.03. The van der Waals surface area contributed by atoms with Crippen molar-refractivity contribution >= 4 is 11.6 Å². The molecule has 0 saturated carbocycles. The molecule has 1 nitrogen and oxygen atoms in total. The number of likely N-dealkylation sites (N-methyl/N-ethyl adjacent to an activating group) is 1. The van der Waals surface area contributed by atoms with Gasteiger partial charge in [-0.2, -0.15) is 0 Å². The molecule has 0 aliphatic rings. The lowest BCUT2D eigenvalue weighted by Gasteiger charge is -2.17. The van der Waals surface area contributed by atoms with E-state index >= 15 is 0 Å². The first-order valence-corrected chi connectivity index (χ1v) is 6.34. The Kier molecular flexibility index (Phi) is 4.51. The van der Waals surface area contributed by atoms with Gasteiger partial charge in [-0.25, -0.2) is 8.78 Å².